The Morgan fingerprint density at radius 1 is 1.05 bits per heavy atom. The number of carbonyl (C=O) groups excluding carboxylic acids is 1. The van der Waals surface area contributed by atoms with Crippen LogP contribution in [0.1, 0.15) is 21.6 Å². The average molecular weight is 323 g/mol. The van der Waals surface area contributed by atoms with E-state index in [2.05, 4.69) is 30.6 Å². The van der Waals surface area contributed by atoms with Crippen molar-refractivity contribution in [3.8, 4) is 0 Å². The Balaban J connectivity index is 0.000000200. The molecule has 0 fully saturated rings. The zero-order valence-electron chi connectivity index (χ0n) is 11.1. The number of aryl methyl sites for hydroxylation is 2. The molecule has 0 aromatic carbocycles. The number of hydrogen-bond donors (Lipinski definition) is 0. The minimum absolute atomic E-state index is 0.345. The van der Waals surface area contributed by atoms with Crippen molar-refractivity contribution in [3.63, 3.8) is 0 Å². The van der Waals surface area contributed by atoms with Crippen LogP contribution in [0.15, 0.2) is 41.3 Å². The predicted molar refractivity (Wildman–Crippen MR) is 77.0 cm³/mol. The fraction of sp³-hybridized carbons (Fsp3) is 0.214. The lowest BCUT2D eigenvalue weighted by Gasteiger charge is -1.96. The maximum absolute atomic E-state index is 10.8. The van der Waals surface area contributed by atoms with Crippen LogP contribution in [0.2, 0.25) is 0 Å². The highest BCUT2D eigenvalue weighted by molar-refractivity contribution is 9.10. The summed E-state index contributed by atoms with van der Waals surface area (Å²) >= 11 is 3.23. The maximum Gasteiger partial charge on any atom is 0.356 e. The lowest BCUT2D eigenvalue weighted by atomic mass is 10.3. The van der Waals surface area contributed by atoms with E-state index < -0.39 is 5.97 Å². The summed E-state index contributed by atoms with van der Waals surface area (Å²) in [6.45, 7) is 3.92. The molecule has 0 atom stereocenters. The summed E-state index contributed by atoms with van der Waals surface area (Å²) in [4.78, 5) is 18.7. The van der Waals surface area contributed by atoms with E-state index in [9.17, 15) is 4.79 Å². The smallest absolute Gasteiger partial charge is 0.356 e. The van der Waals surface area contributed by atoms with E-state index in [4.69, 9.17) is 0 Å². The molecular weight excluding hydrogens is 308 g/mol. The molecule has 0 saturated carbocycles. The standard InChI is InChI=1S/C8H9NO2.C6H6BrN/c1-6-3-4-7(9-5-6)8(10)11-2;1-5-2-3-6(7)8-4-5/h3-5H,1-2H3;2-4H,1H3. The fourth-order valence-electron chi connectivity index (χ4n) is 1.14. The summed E-state index contributed by atoms with van der Waals surface area (Å²) in [5.74, 6) is -0.398. The van der Waals surface area contributed by atoms with Gasteiger partial charge in [-0.1, -0.05) is 12.1 Å². The van der Waals surface area contributed by atoms with Crippen LogP contribution < -0.4 is 0 Å². The molecule has 0 radical (unpaired) electrons. The molecule has 0 amide bonds. The van der Waals surface area contributed by atoms with Crippen LogP contribution in [0.25, 0.3) is 0 Å². The van der Waals surface area contributed by atoms with Gasteiger partial charge in [0.05, 0.1) is 7.11 Å². The molecule has 100 valence electrons. The van der Waals surface area contributed by atoms with E-state index in [0.717, 1.165) is 10.2 Å². The molecule has 0 aliphatic carbocycles. The number of methoxy groups -OCH3 is 1. The highest BCUT2D eigenvalue weighted by atomic mass is 79.9. The number of aromatic nitrogens is 2. The van der Waals surface area contributed by atoms with Crippen LogP contribution in [0.4, 0.5) is 0 Å². The molecule has 0 saturated heterocycles. The van der Waals surface area contributed by atoms with Gasteiger partial charge < -0.3 is 4.74 Å². The largest absolute Gasteiger partial charge is 0.464 e. The molecule has 2 heterocycles. The second kappa shape index (κ2) is 7.63. The summed E-state index contributed by atoms with van der Waals surface area (Å²) in [5.41, 5.74) is 2.56. The number of ether oxygens (including phenoxy) is 1. The molecule has 2 rings (SSSR count). The average Bonchev–Trinajstić information content (AvgIpc) is 2.43. The summed E-state index contributed by atoms with van der Waals surface area (Å²) in [5, 5.41) is 0. The minimum Gasteiger partial charge on any atom is -0.464 e. The van der Waals surface area contributed by atoms with Crippen molar-refractivity contribution >= 4 is 21.9 Å². The van der Waals surface area contributed by atoms with Gasteiger partial charge in [0.2, 0.25) is 0 Å². The Kier molecular flexibility index (Phi) is 6.15. The van der Waals surface area contributed by atoms with Crippen molar-refractivity contribution in [2.24, 2.45) is 0 Å². The number of rotatable bonds is 1. The third-order valence-electron chi connectivity index (χ3n) is 2.18. The first-order valence-electron chi connectivity index (χ1n) is 5.62. The Morgan fingerprint density at radius 2 is 1.63 bits per heavy atom. The lowest BCUT2D eigenvalue weighted by Crippen LogP contribution is -2.03. The quantitative estimate of drug-likeness (QED) is 0.597. The van der Waals surface area contributed by atoms with Gasteiger partial charge in [-0.25, -0.2) is 14.8 Å². The first kappa shape index (κ1) is 15.3. The molecule has 0 aliphatic rings. The van der Waals surface area contributed by atoms with Crippen molar-refractivity contribution in [3.05, 3.63) is 58.1 Å². The Bertz CT molecular complexity index is 503. The third-order valence-corrected chi connectivity index (χ3v) is 2.65. The van der Waals surface area contributed by atoms with Gasteiger partial charge in [0, 0.05) is 12.4 Å². The number of hydrogen-bond acceptors (Lipinski definition) is 4. The number of nitrogens with zero attached hydrogens (tertiary/aromatic N) is 2. The highest BCUT2D eigenvalue weighted by Crippen LogP contribution is 2.04. The van der Waals surface area contributed by atoms with Crippen LogP contribution in [-0.4, -0.2) is 23.0 Å². The van der Waals surface area contributed by atoms with E-state index in [1.165, 1.54) is 12.7 Å². The van der Waals surface area contributed by atoms with Gasteiger partial charge in [-0.2, -0.15) is 0 Å². The number of carbonyl (C=O) groups is 1. The van der Waals surface area contributed by atoms with Gasteiger partial charge in [0.25, 0.3) is 0 Å². The molecule has 0 spiro atoms. The zero-order valence-corrected chi connectivity index (χ0v) is 12.6. The van der Waals surface area contributed by atoms with Crippen molar-refractivity contribution in [1.82, 2.24) is 9.97 Å². The van der Waals surface area contributed by atoms with Crippen LogP contribution >= 0.6 is 15.9 Å². The Morgan fingerprint density at radius 3 is 2.00 bits per heavy atom. The second-order valence-corrected chi connectivity index (χ2v) is 4.68. The molecule has 0 bridgehead atoms. The van der Waals surface area contributed by atoms with Gasteiger partial charge in [-0.3, -0.25) is 0 Å². The number of esters is 1. The summed E-state index contributed by atoms with van der Waals surface area (Å²) in [6, 6.07) is 7.40. The van der Waals surface area contributed by atoms with E-state index in [1.54, 1.807) is 12.3 Å². The summed E-state index contributed by atoms with van der Waals surface area (Å²) in [7, 11) is 1.34. The van der Waals surface area contributed by atoms with Crippen LogP contribution in [0.5, 0.6) is 0 Å². The van der Waals surface area contributed by atoms with Crippen molar-refractivity contribution < 1.29 is 9.53 Å². The van der Waals surface area contributed by atoms with Crippen molar-refractivity contribution in [1.29, 1.82) is 0 Å². The van der Waals surface area contributed by atoms with Gasteiger partial charge in [-0.15, -0.1) is 0 Å². The normalized spacial score (nSPS) is 9.26. The van der Waals surface area contributed by atoms with Gasteiger partial charge in [0.1, 0.15) is 10.3 Å². The third kappa shape index (κ3) is 5.61. The van der Waals surface area contributed by atoms with Crippen LogP contribution in [-0.2, 0) is 4.74 Å². The van der Waals surface area contributed by atoms with Crippen molar-refractivity contribution in [2.45, 2.75) is 13.8 Å². The first-order valence-corrected chi connectivity index (χ1v) is 6.41. The van der Waals surface area contributed by atoms with Crippen LogP contribution in [0.3, 0.4) is 0 Å². The molecule has 4 nitrogen and oxygen atoms in total. The van der Waals surface area contributed by atoms with E-state index >= 15 is 0 Å². The monoisotopic (exact) mass is 322 g/mol. The molecule has 5 heteroatoms. The number of pyridine rings is 2. The first-order chi connectivity index (χ1) is 9.02. The summed E-state index contributed by atoms with van der Waals surface area (Å²) in [6.07, 6.45) is 3.45. The molecule has 0 unspecified atom stereocenters. The maximum atomic E-state index is 10.8. The van der Waals surface area contributed by atoms with E-state index in [0.29, 0.717) is 5.69 Å². The van der Waals surface area contributed by atoms with E-state index in [-0.39, 0.29) is 0 Å². The Hall–Kier alpha value is -1.75. The molecule has 0 N–H and O–H groups in total. The zero-order chi connectivity index (χ0) is 14.3. The fourth-order valence-corrected chi connectivity index (χ4v) is 1.38. The van der Waals surface area contributed by atoms with E-state index in [1.807, 2.05) is 38.2 Å². The van der Waals surface area contributed by atoms with Crippen molar-refractivity contribution in [2.75, 3.05) is 7.11 Å². The summed E-state index contributed by atoms with van der Waals surface area (Å²) < 4.78 is 5.37. The molecule has 2 aromatic rings. The number of halogens is 1. The Labute approximate surface area is 121 Å². The highest BCUT2D eigenvalue weighted by Gasteiger charge is 2.04. The molecule has 0 aliphatic heterocycles. The SMILES string of the molecule is COC(=O)c1ccc(C)cn1.Cc1ccc(Br)nc1. The lowest BCUT2D eigenvalue weighted by molar-refractivity contribution is 0.0594. The predicted octanol–water partition coefficient (Wildman–Crippen LogP) is 3.33. The topological polar surface area (TPSA) is 52.1 Å². The van der Waals surface area contributed by atoms with Gasteiger partial charge in [0.15, 0.2) is 0 Å². The molecule has 2 aromatic heterocycles. The molecular formula is C14H15BrN2O2. The minimum atomic E-state index is -0.398. The molecule has 19 heavy (non-hydrogen) atoms. The second-order valence-electron chi connectivity index (χ2n) is 3.87. The van der Waals surface area contributed by atoms with Gasteiger partial charge >= 0.3 is 5.97 Å². The van der Waals surface area contributed by atoms with Gasteiger partial charge in [-0.05, 0) is 53.0 Å². The van der Waals surface area contributed by atoms with Crippen LogP contribution in [0, 0.1) is 13.8 Å².